The molecule has 5 heteroatoms. The van der Waals surface area contributed by atoms with Gasteiger partial charge in [0, 0.05) is 25.8 Å². The molecule has 1 aromatic heterocycles. The lowest BCUT2D eigenvalue weighted by Crippen LogP contribution is -2.51. The van der Waals surface area contributed by atoms with Crippen LogP contribution >= 0.6 is 0 Å². The summed E-state index contributed by atoms with van der Waals surface area (Å²) in [6, 6.07) is 22.2. The fourth-order valence-corrected chi connectivity index (χ4v) is 4.76. The lowest BCUT2D eigenvalue weighted by molar-refractivity contribution is -0.133. The van der Waals surface area contributed by atoms with E-state index in [9.17, 15) is 9.59 Å². The highest BCUT2D eigenvalue weighted by molar-refractivity contribution is 5.92. The Morgan fingerprint density at radius 1 is 1.00 bits per heavy atom. The van der Waals surface area contributed by atoms with Crippen molar-refractivity contribution in [2.45, 2.75) is 33.1 Å². The number of carbonyl (C=O) groups is 2. The Labute approximate surface area is 195 Å². The third kappa shape index (κ3) is 4.98. The summed E-state index contributed by atoms with van der Waals surface area (Å²) in [5, 5.41) is 3.05. The first kappa shape index (κ1) is 22.7. The molecule has 33 heavy (non-hydrogen) atoms. The van der Waals surface area contributed by atoms with E-state index in [1.165, 1.54) is 16.7 Å². The van der Waals surface area contributed by atoms with Crippen molar-refractivity contribution in [3.63, 3.8) is 0 Å². The zero-order chi connectivity index (χ0) is 23.3. The summed E-state index contributed by atoms with van der Waals surface area (Å²) in [4.78, 5) is 32.1. The predicted molar refractivity (Wildman–Crippen MR) is 131 cm³/mol. The molecule has 1 aliphatic rings. The first-order chi connectivity index (χ1) is 16.0. The second-order valence-electron chi connectivity index (χ2n) is 8.84. The molecule has 1 N–H and O–H groups in total. The molecule has 170 valence electrons. The molecule has 0 spiro atoms. The fraction of sp³-hybridized carbons (Fsp3) is 0.321. The van der Waals surface area contributed by atoms with Gasteiger partial charge in [-0.2, -0.15) is 0 Å². The number of nitrogens with one attached hydrogen (secondary N) is 1. The van der Waals surface area contributed by atoms with Crippen molar-refractivity contribution in [1.82, 2.24) is 15.2 Å². The number of carbonyl (C=O) groups excluding carboxylic acids is 2. The minimum Gasteiger partial charge on any atom is -0.356 e. The average Bonchev–Trinajstić information content (AvgIpc) is 2.85. The number of pyridine rings is 1. The lowest BCUT2D eigenvalue weighted by Gasteiger charge is -2.40. The van der Waals surface area contributed by atoms with Gasteiger partial charge in [0.15, 0.2) is 0 Å². The van der Waals surface area contributed by atoms with Gasteiger partial charge in [0.25, 0.3) is 5.91 Å². The van der Waals surface area contributed by atoms with Crippen LogP contribution in [0.3, 0.4) is 0 Å². The maximum Gasteiger partial charge on any atom is 0.272 e. The van der Waals surface area contributed by atoms with Gasteiger partial charge in [-0.05, 0) is 67.5 Å². The van der Waals surface area contributed by atoms with E-state index in [4.69, 9.17) is 0 Å². The first-order valence-electron chi connectivity index (χ1n) is 11.7. The summed E-state index contributed by atoms with van der Waals surface area (Å²) < 4.78 is 0. The number of hydrogen-bond acceptors (Lipinski definition) is 3. The van der Waals surface area contributed by atoms with Gasteiger partial charge in [0.2, 0.25) is 5.91 Å². The molecule has 0 atom stereocenters. The molecule has 3 aromatic rings. The Morgan fingerprint density at radius 2 is 1.76 bits per heavy atom. The quantitative estimate of drug-likeness (QED) is 0.605. The van der Waals surface area contributed by atoms with Gasteiger partial charge in [-0.1, -0.05) is 54.6 Å². The SMILES string of the molecule is CCNC(=O)C1(Cc2cccc(-c3ccccc3C)c2)CCN(C(=O)c2ccccn2)CC1. The fourth-order valence-electron chi connectivity index (χ4n) is 4.76. The molecule has 0 unspecified atom stereocenters. The van der Waals surface area contributed by atoms with Crippen molar-refractivity contribution >= 4 is 11.8 Å². The number of rotatable bonds is 6. The van der Waals surface area contributed by atoms with Gasteiger partial charge in [-0.25, -0.2) is 0 Å². The molecule has 0 aliphatic carbocycles. The van der Waals surface area contributed by atoms with E-state index in [2.05, 4.69) is 59.7 Å². The van der Waals surface area contributed by atoms with Crippen LogP contribution in [0.1, 0.15) is 41.4 Å². The Morgan fingerprint density at radius 3 is 2.45 bits per heavy atom. The summed E-state index contributed by atoms with van der Waals surface area (Å²) in [6.07, 6.45) is 3.56. The molecule has 0 saturated carbocycles. The number of hydrogen-bond donors (Lipinski definition) is 1. The van der Waals surface area contributed by atoms with Crippen LogP contribution < -0.4 is 5.32 Å². The van der Waals surface area contributed by atoms with Crippen molar-refractivity contribution in [3.05, 3.63) is 89.7 Å². The molecule has 5 nitrogen and oxygen atoms in total. The summed E-state index contributed by atoms with van der Waals surface area (Å²) in [7, 11) is 0. The highest BCUT2D eigenvalue weighted by atomic mass is 16.2. The zero-order valence-corrected chi connectivity index (χ0v) is 19.4. The number of aryl methyl sites for hydroxylation is 1. The third-order valence-electron chi connectivity index (χ3n) is 6.64. The standard InChI is InChI=1S/C28H31N3O2/c1-3-29-27(33)28(14-17-31(18-15-28)26(32)25-13-6-7-16-30-25)20-22-10-8-11-23(19-22)24-12-5-4-9-21(24)2/h4-13,16,19H,3,14-15,17-18,20H2,1-2H3,(H,29,33). The van der Waals surface area contributed by atoms with E-state index < -0.39 is 5.41 Å². The van der Waals surface area contributed by atoms with Gasteiger partial charge in [0.1, 0.15) is 5.69 Å². The van der Waals surface area contributed by atoms with Crippen LogP contribution in [0, 0.1) is 12.3 Å². The largest absolute Gasteiger partial charge is 0.356 e. The summed E-state index contributed by atoms with van der Waals surface area (Å²) in [5.41, 5.74) is 4.68. The number of aromatic nitrogens is 1. The minimum absolute atomic E-state index is 0.0679. The molecular formula is C28H31N3O2. The van der Waals surface area contributed by atoms with Crippen molar-refractivity contribution in [2.75, 3.05) is 19.6 Å². The molecule has 4 rings (SSSR count). The van der Waals surface area contributed by atoms with Crippen molar-refractivity contribution in [3.8, 4) is 11.1 Å². The number of nitrogens with zero attached hydrogens (tertiary/aromatic N) is 2. The molecular weight excluding hydrogens is 410 g/mol. The van der Waals surface area contributed by atoms with E-state index in [1.807, 2.05) is 24.0 Å². The number of benzene rings is 2. The van der Waals surface area contributed by atoms with E-state index in [0.29, 0.717) is 44.6 Å². The van der Waals surface area contributed by atoms with Crippen LogP contribution in [0.5, 0.6) is 0 Å². The van der Waals surface area contributed by atoms with Crippen LogP contribution in [0.15, 0.2) is 72.9 Å². The van der Waals surface area contributed by atoms with Gasteiger partial charge in [-0.15, -0.1) is 0 Å². The molecule has 1 saturated heterocycles. The summed E-state index contributed by atoms with van der Waals surface area (Å²) in [6.45, 7) is 5.76. The van der Waals surface area contributed by atoms with Crippen LogP contribution in [-0.2, 0) is 11.2 Å². The number of likely N-dealkylation sites (tertiary alicyclic amines) is 1. The molecule has 2 amide bonds. The Kier molecular flexibility index (Phi) is 6.87. The Bertz CT molecular complexity index is 1120. The molecule has 1 fully saturated rings. The van der Waals surface area contributed by atoms with Crippen molar-refractivity contribution in [1.29, 1.82) is 0 Å². The third-order valence-corrected chi connectivity index (χ3v) is 6.64. The van der Waals surface area contributed by atoms with Crippen LogP contribution in [0.25, 0.3) is 11.1 Å². The maximum atomic E-state index is 13.3. The van der Waals surface area contributed by atoms with E-state index in [0.717, 1.165) is 5.56 Å². The Hall–Kier alpha value is -3.47. The lowest BCUT2D eigenvalue weighted by atomic mass is 9.72. The number of piperidine rings is 1. The van der Waals surface area contributed by atoms with Gasteiger partial charge >= 0.3 is 0 Å². The normalized spacial score (nSPS) is 15.2. The monoisotopic (exact) mass is 441 g/mol. The highest BCUT2D eigenvalue weighted by Crippen LogP contribution is 2.37. The highest BCUT2D eigenvalue weighted by Gasteiger charge is 2.42. The zero-order valence-electron chi connectivity index (χ0n) is 19.4. The second kappa shape index (κ2) is 9.99. The molecule has 1 aliphatic heterocycles. The topological polar surface area (TPSA) is 62.3 Å². The van der Waals surface area contributed by atoms with E-state index in [1.54, 1.807) is 18.3 Å². The van der Waals surface area contributed by atoms with Crippen molar-refractivity contribution in [2.24, 2.45) is 5.41 Å². The number of amides is 2. The maximum absolute atomic E-state index is 13.3. The first-order valence-corrected chi connectivity index (χ1v) is 11.7. The average molecular weight is 442 g/mol. The van der Waals surface area contributed by atoms with Gasteiger partial charge < -0.3 is 10.2 Å². The second-order valence-corrected chi connectivity index (χ2v) is 8.84. The summed E-state index contributed by atoms with van der Waals surface area (Å²) >= 11 is 0. The van der Waals surface area contributed by atoms with E-state index >= 15 is 0 Å². The predicted octanol–water partition coefficient (Wildman–Crippen LogP) is 4.66. The van der Waals surface area contributed by atoms with Crippen molar-refractivity contribution < 1.29 is 9.59 Å². The smallest absolute Gasteiger partial charge is 0.272 e. The van der Waals surface area contributed by atoms with Crippen LogP contribution in [0.2, 0.25) is 0 Å². The molecule has 2 heterocycles. The molecule has 0 bridgehead atoms. The van der Waals surface area contributed by atoms with Gasteiger partial charge in [-0.3, -0.25) is 14.6 Å². The molecule has 2 aromatic carbocycles. The van der Waals surface area contributed by atoms with E-state index in [-0.39, 0.29) is 11.8 Å². The summed E-state index contributed by atoms with van der Waals surface area (Å²) in [5.74, 6) is 0.0119. The van der Waals surface area contributed by atoms with Crippen LogP contribution in [-0.4, -0.2) is 41.3 Å². The minimum atomic E-state index is -0.527. The van der Waals surface area contributed by atoms with Crippen LogP contribution in [0.4, 0.5) is 0 Å². The Balaban J connectivity index is 1.55. The van der Waals surface area contributed by atoms with Gasteiger partial charge in [0.05, 0.1) is 5.41 Å². The molecule has 0 radical (unpaired) electrons.